The molecule has 0 aliphatic rings. The summed E-state index contributed by atoms with van der Waals surface area (Å²) in [7, 11) is 1.24. The monoisotopic (exact) mass is 255 g/mol. The summed E-state index contributed by atoms with van der Waals surface area (Å²) in [6.07, 6.45) is 0. The Kier molecular flexibility index (Phi) is 4.12. The largest absolute Gasteiger partial charge is 0.468 e. The molecule has 92 valence electrons. The zero-order valence-corrected chi connectivity index (χ0v) is 10.7. The minimum absolute atomic E-state index is 0.418. The average molecular weight is 256 g/mol. The number of hydrogen-bond donors (Lipinski definition) is 1. The van der Waals surface area contributed by atoms with Crippen molar-refractivity contribution in [1.82, 2.24) is 0 Å². The van der Waals surface area contributed by atoms with Gasteiger partial charge in [-0.25, -0.2) is 0 Å². The molecule has 4 nitrogen and oxygen atoms in total. The fraction of sp³-hybridized carbons (Fsp3) is 0.333. The fourth-order valence-electron chi connectivity index (χ4n) is 1.19. The van der Waals surface area contributed by atoms with Gasteiger partial charge in [-0.05, 0) is 26.0 Å². The van der Waals surface area contributed by atoms with E-state index in [9.17, 15) is 9.59 Å². The van der Waals surface area contributed by atoms with Gasteiger partial charge in [-0.3, -0.25) is 9.59 Å². The molecular weight excluding hydrogens is 242 g/mol. The number of rotatable bonds is 3. The topological polar surface area (TPSA) is 55.4 Å². The molecule has 1 rings (SSSR count). The molecule has 1 aromatic rings. The van der Waals surface area contributed by atoms with E-state index in [-0.39, 0.29) is 0 Å². The van der Waals surface area contributed by atoms with Crippen LogP contribution in [-0.4, -0.2) is 19.0 Å². The van der Waals surface area contributed by atoms with E-state index in [1.54, 1.807) is 24.3 Å². The number of benzene rings is 1. The second-order valence-corrected chi connectivity index (χ2v) is 4.46. The van der Waals surface area contributed by atoms with Gasteiger partial charge in [-0.1, -0.05) is 23.7 Å². The van der Waals surface area contributed by atoms with Crippen molar-refractivity contribution in [2.75, 3.05) is 12.4 Å². The summed E-state index contributed by atoms with van der Waals surface area (Å²) in [6, 6.07) is 6.81. The highest BCUT2D eigenvalue weighted by Crippen LogP contribution is 2.24. The highest BCUT2D eigenvalue weighted by molar-refractivity contribution is 6.33. The maximum absolute atomic E-state index is 11.9. The lowest BCUT2D eigenvalue weighted by Gasteiger charge is -2.20. The van der Waals surface area contributed by atoms with E-state index >= 15 is 0 Å². The van der Waals surface area contributed by atoms with Crippen molar-refractivity contribution in [2.45, 2.75) is 13.8 Å². The minimum atomic E-state index is -1.26. The van der Waals surface area contributed by atoms with Gasteiger partial charge in [-0.15, -0.1) is 0 Å². The van der Waals surface area contributed by atoms with Crippen LogP contribution < -0.4 is 5.32 Å². The standard InChI is InChI=1S/C12H14ClNO3/c1-12(2,11(16)17-3)10(15)14-9-7-5-4-6-8(9)13/h4-7H,1-3H3,(H,14,15). The maximum atomic E-state index is 11.9. The Balaban J connectivity index is 2.87. The van der Waals surface area contributed by atoms with E-state index in [1.807, 2.05) is 0 Å². The highest BCUT2D eigenvalue weighted by atomic mass is 35.5. The van der Waals surface area contributed by atoms with Gasteiger partial charge in [0, 0.05) is 0 Å². The van der Waals surface area contributed by atoms with Crippen LogP contribution in [-0.2, 0) is 14.3 Å². The maximum Gasteiger partial charge on any atom is 0.320 e. The summed E-state index contributed by atoms with van der Waals surface area (Å²) in [5, 5.41) is 3.01. The van der Waals surface area contributed by atoms with Crippen LogP contribution in [0.4, 0.5) is 5.69 Å². The number of esters is 1. The Labute approximate surface area is 105 Å². The van der Waals surface area contributed by atoms with Crippen molar-refractivity contribution in [2.24, 2.45) is 5.41 Å². The second kappa shape index (κ2) is 5.19. The Morgan fingerprint density at radius 2 is 1.88 bits per heavy atom. The number of methoxy groups -OCH3 is 1. The van der Waals surface area contributed by atoms with Gasteiger partial charge in [-0.2, -0.15) is 0 Å². The molecule has 0 aliphatic carbocycles. The van der Waals surface area contributed by atoms with Gasteiger partial charge >= 0.3 is 5.97 Å². The van der Waals surface area contributed by atoms with Gasteiger partial charge in [0.15, 0.2) is 0 Å². The lowest BCUT2D eigenvalue weighted by Crippen LogP contribution is -2.38. The fourth-order valence-corrected chi connectivity index (χ4v) is 1.37. The van der Waals surface area contributed by atoms with Gasteiger partial charge < -0.3 is 10.1 Å². The summed E-state index contributed by atoms with van der Waals surface area (Å²) in [5.74, 6) is -1.06. The third kappa shape index (κ3) is 2.97. The molecule has 0 radical (unpaired) electrons. The van der Waals surface area contributed by atoms with Crippen molar-refractivity contribution in [3.05, 3.63) is 29.3 Å². The number of carbonyl (C=O) groups is 2. The van der Waals surface area contributed by atoms with Crippen molar-refractivity contribution < 1.29 is 14.3 Å². The Hall–Kier alpha value is -1.55. The van der Waals surface area contributed by atoms with Crippen LogP contribution in [0.5, 0.6) is 0 Å². The van der Waals surface area contributed by atoms with E-state index in [0.29, 0.717) is 10.7 Å². The lowest BCUT2D eigenvalue weighted by atomic mass is 9.92. The van der Waals surface area contributed by atoms with Crippen molar-refractivity contribution >= 4 is 29.2 Å². The number of para-hydroxylation sites is 1. The Bertz CT molecular complexity index is 443. The Morgan fingerprint density at radius 1 is 1.29 bits per heavy atom. The van der Waals surface area contributed by atoms with Crippen molar-refractivity contribution in [1.29, 1.82) is 0 Å². The van der Waals surface area contributed by atoms with E-state index < -0.39 is 17.3 Å². The van der Waals surface area contributed by atoms with Gasteiger partial charge in [0.05, 0.1) is 17.8 Å². The number of hydrogen-bond acceptors (Lipinski definition) is 3. The number of halogens is 1. The highest BCUT2D eigenvalue weighted by Gasteiger charge is 2.37. The molecule has 17 heavy (non-hydrogen) atoms. The zero-order valence-electron chi connectivity index (χ0n) is 9.91. The molecule has 0 atom stereocenters. The second-order valence-electron chi connectivity index (χ2n) is 4.05. The molecule has 5 heteroatoms. The predicted octanol–water partition coefficient (Wildman–Crippen LogP) is 2.48. The molecule has 0 unspecified atom stereocenters. The zero-order chi connectivity index (χ0) is 13.1. The summed E-state index contributed by atoms with van der Waals surface area (Å²) in [6.45, 7) is 2.98. The smallest absolute Gasteiger partial charge is 0.320 e. The molecule has 1 amide bonds. The number of anilines is 1. The van der Waals surface area contributed by atoms with Crippen LogP contribution >= 0.6 is 11.6 Å². The van der Waals surface area contributed by atoms with Gasteiger partial charge in [0.1, 0.15) is 5.41 Å². The summed E-state index contributed by atoms with van der Waals surface area (Å²) < 4.78 is 4.57. The first-order chi connectivity index (χ1) is 7.89. The molecule has 0 fully saturated rings. The van der Waals surface area contributed by atoms with E-state index in [0.717, 1.165) is 0 Å². The van der Waals surface area contributed by atoms with Crippen molar-refractivity contribution in [3.8, 4) is 0 Å². The summed E-state index contributed by atoms with van der Waals surface area (Å²) in [5.41, 5.74) is -0.787. The van der Waals surface area contributed by atoms with Crippen LogP contribution in [0.15, 0.2) is 24.3 Å². The van der Waals surface area contributed by atoms with Crippen LogP contribution in [0.2, 0.25) is 5.02 Å². The lowest BCUT2D eigenvalue weighted by molar-refractivity contribution is -0.154. The van der Waals surface area contributed by atoms with Crippen LogP contribution in [0.3, 0.4) is 0 Å². The molecule has 0 saturated heterocycles. The van der Waals surface area contributed by atoms with Crippen molar-refractivity contribution in [3.63, 3.8) is 0 Å². The molecule has 0 aromatic heterocycles. The molecule has 0 saturated carbocycles. The van der Waals surface area contributed by atoms with Gasteiger partial charge in [0.25, 0.3) is 0 Å². The third-order valence-electron chi connectivity index (χ3n) is 2.39. The first-order valence-electron chi connectivity index (χ1n) is 5.04. The number of nitrogens with one attached hydrogen (secondary N) is 1. The average Bonchev–Trinajstić information content (AvgIpc) is 2.30. The third-order valence-corrected chi connectivity index (χ3v) is 2.72. The number of amides is 1. The Morgan fingerprint density at radius 3 is 2.41 bits per heavy atom. The van der Waals surface area contributed by atoms with Crippen LogP contribution in [0, 0.1) is 5.41 Å². The molecule has 0 bridgehead atoms. The SMILES string of the molecule is COC(=O)C(C)(C)C(=O)Nc1ccccc1Cl. The molecular formula is C12H14ClNO3. The minimum Gasteiger partial charge on any atom is -0.468 e. The van der Waals surface area contributed by atoms with E-state index in [1.165, 1.54) is 21.0 Å². The summed E-state index contributed by atoms with van der Waals surface area (Å²) in [4.78, 5) is 23.4. The molecule has 0 heterocycles. The molecule has 0 spiro atoms. The summed E-state index contributed by atoms with van der Waals surface area (Å²) >= 11 is 5.90. The van der Waals surface area contributed by atoms with Crippen LogP contribution in [0.25, 0.3) is 0 Å². The normalized spacial score (nSPS) is 10.8. The number of carbonyl (C=O) groups excluding carboxylic acids is 2. The quantitative estimate of drug-likeness (QED) is 0.667. The van der Waals surface area contributed by atoms with E-state index in [2.05, 4.69) is 10.1 Å². The predicted molar refractivity (Wildman–Crippen MR) is 65.9 cm³/mol. The molecule has 1 N–H and O–H groups in total. The molecule has 1 aromatic carbocycles. The number of ether oxygens (including phenoxy) is 1. The first kappa shape index (κ1) is 13.5. The molecule has 0 aliphatic heterocycles. The first-order valence-corrected chi connectivity index (χ1v) is 5.41. The van der Waals surface area contributed by atoms with Gasteiger partial charge in [0.2, 0.25) is 5.91 Å². The van der Waals surface area contributed by atoms with E-state index in [4.69, 9.17) is 11.6 Å². The van der Waals surface area contributed by atoms with Crippen LogP contribution in [0.1, 0.15) is 13.8 Å².